The molecule has 2 N–H and O–H groups in total. The molecule has 2 atom stereocenters. The zero-order valence-electron chi connectivity index (χ0n) is 25.1. The second-order valence-electron chi connectivity index (χ2n) is 11.4. The van der Waals surface area contributed by atoms with Gasteiger partial charge in [-0.15, -0.1) is 0 Å². The Bertz CT molecular complexity index is 1470. The van der Waals surface area contributed by atoms with Crippen molar-refractivity contribution in [2.75, 3.05) is 23.7 Å². The maximum Gasteiger partial charge on any atom is 0.247 e. The first-order valence-corrected chi connectivity index (χ1v) is 15.5. The van der Waals surface area contributed by atoms with Gasteiger partial charge in [0.15, 0.2) is 0 Å². The molecule has 0 unspecified atom stereocenters. The van der Waals surface area contributed by atoms with Crippen LogP contribution >= 0.6 is 0 Å². The normalized spacial score (nSPS) is 18.3. The second-order valence-corrected chi connectivity index (χ2v) is 11.4. The molecule has 228 valence electrons. The van der Waals surface area contributed by atoms with Crippen molar-refractivity contribution in [3.63, 3.8) is 0 Å². The molecule has 3 aromatic rings. The summed E-state index contributed by atoms with van der Waals surface area (Å²) in [6.07, 6.45) is 12.6. The lowest BCUT2D eigenvalue weighted by atomic mass is 10.1. The first kappa shape index (κ1) is 30.2. The summed E-state index contributed by atoms with van der Waals surface area (Å²) in [6, 6.07) is 6.51. The number of likely N-dealkylation sites (tertiary alicyclic amines) is 2. The van der Waals surface area contributed by atoms with Crippen molar-refractivity contribution < 1.29 is 19.2 Å². The van der Waals surface area contributed by atoms with Gasteiger partial charge >= 0.3 is 0 Å². The van der Waals surface area contributed by atoms with Gasteiger partial charge in [-0.3, -0.25) is 23.6 Å². The zero-order valence-corrected chi connectivity index (χ0v) is 25.1. The molecule has 2 saturated heterocycles. The number of carbonyl (C=O) groups excluding carboxylic acids is 4. The highest BCUT2D eigenvalue weighted by Gasteiger charge is 2.34. The molecule has 5 rings (SSSR count). The molecule has 11 heteroatoms. The van der Waals surface area contributed by atoms with E-state index >= 15 is 0 Å². The van der Waals surface area contributed by atoms with Gasteiger partial charge in [0, 0.05) is 49.6 Å². The molecule has 1 aromatic carbocycles. The summed E-state index contributed by atoms with van der Waals surface area (Å²) in [7, 11) is 0. The second kappa shape index (κ2) is 13.8. The van der Waals surface area contributed by atoms with E-state index in [1.165, 1.54) is 0 Å². The van der Waals surface area contributed by atoms with E-state index in [0.29, 0.717) is 61.6 Å². The minimum absolute atomic E-state index is 0.0379. The molecular formula is C32H41N7O4. The van der Waals surface area contributed by atoms with Gasteiger partial charge in [0.1, 0.15) is 12.1 Å². The third-order valence-electron chi connectivity index (χ3n) is 8.27. The Morgan fingerprint density at radius 1 is 0.791 bits per heavy atom. The summed E-state index contributed by atoms with van der Waals surface area (Å²) in [5.74, 6) is 0.212. The lowest BCUT2D eigenvalue weighted by Crippen LogP contribution is -2.43. The number of fused-ring (bicyclic) bond motifs is 1. The van der Waals surface area contributed by atoms with Gasteiger partial charge in [-0.25, -0.2) is 9.97 Å². The number of amides is 4. The Labute approximate surface area is 252 Å². The third-order valence-corrected chi connectivity index (χ3v) is 8.27. The van der Waals surface area contributed by atoms with Crippen molar-refractivity contribution in [3.8, 4) is 11.3 Å². The van der Waals surface area contributed by atoms with Crippen LogP contribution in [0.25, 0.3) is 17.0 Å². The van der Waals surface area contributed by atoms with Gasteiger partial charge < -0.3 is 20.4 Å². The molecule has 0 bridgehead atoms. The van der Waals surface area contributed by atoms with Gasteiger partial charge in [-0.05, 0) is 50.7 Å². The van der Waals surface area contributed by atoms with Crippen LogP contribution < -0.4 is 10.6 Å². The summed E-state index contributed by atoms with van der Waals surface area (Å²) in [4.78, 5) is 63.6. The van der Waals surface area contributed by atoms with Crippen LogP contribution in [-0.2, 0) is 19.2 Å². The van der Waals surface area contributed by atoms with Crippen LogP contribution in [0.2, 0.25) is 0 Å². The highest BCUT2D eigenvalue weighted by molar-refractivity contribution is 5.98. The van der Waals surface area contributed by atoms with Crippen LogP contribution in [0.4, 0.5) is 11.4 Å². The van der Waals surface area contributed by atoms with Crippen molar-refractivity contribution >= 4 is 40.8 Å². The summed E-state index contributed by atoms with van der Waals surface area (Å²) in [5.41, 5.74) is 2.73. The Hall–Kier alpha value is -4.28. The summed E-state index contributed by atoms with van der Waals surface area (Å²) in [5, 5.41) is 5.89. The Morgan fingerprint density at radius 3 is 1.91 bits per heavy atom. The molecule has 4 amide bonds. The fourth-order valence-corrected chi connectivity index (χ4v) is 5.88. The number of imidazole rings is 1. The van der Waals surface area contributed by atoms with Gasteiger partial charge in [0.05, 0.1) is 17.6 Å². The van der Waals surface area contributed by atoms with Gasteiger partial charge in [0.2, 0.25) is 29.4 Å². The number of nitrogens with one attached hydrogen (secondary N) is 2. The van der Waals surface area contributed by atoms with Gasteiger partial charge in [0.25, 0.3) is 0 Å². The lowest BCUT2D eigenvalue weighted by Gasteiger charge is -2.24. The first-order valence-electron chi connectivity index (χ1n) is 15.5. The van der Waals surface area contributed by atoms with Crippen molar-refractivity contribution in [2.24, 2.45) is 0 Å². The third kappa shape index (κ3) is 7.03. The van der Waals surface area contributed by atoms with Crippen LogP contribution in [0.1, 0.15) is 78.1 Å². The lowest BCUT2D eigenvalue weighted by molar-refractivity contribution is -0.136. The number of rotatable bonds is 11. The van der Waals surface area contributed by atoms with E-state index in [1.54, 1.807) is 26.6 Å². The van der Waals surface area contributed by atoms with Gasteiger partial charge in [-0.2, -0.15) is 0 Å². The van der Waals surface area contributed by atoms with E-state index in [0.717, 1.165) is 44.1 Å². The average Bonchev–Trinajstić information content (AvgIpc) is 3.78. The van der Waals surface area contributed by atoms with E-state index in [-0.39, 0.29) is 23.6 Å². The summed E-state index contributed by atoms with van der Waals surface area (Å²) < 4.78 is 1.75. The number of aromatic nitrogens is 3. The highest BCUT2D eigenvalue weighted by atomic mass is 16.2. The van der Waals surface area contributed by atoms with Crippen molar-refractivity contribution in [1.82, 2.24) is 24.2 Å². The SMILES string of the molecule is CCCCC(=O)N1CCC[C@H]1C(=O)Nc1ccc(-c2cn3cc(NC(=O)[C@@H]4CCCN4C(=O)CCCC)cnc3n2)cc1. The highest BCUT2D eigenvalue weighted by Crippen LogP contribution is 2.25. The number of hydrogen-bond donors (Lipinski definition) is 2. The number of anilines is 2. The average molecular weight is 588 g/mol. The summed E-state index contributed by atoms with van der Waals surface area (Å²) in [6.45, 7) is 5.34. The minimum atomic E-state index is -0.462. The number of benzene rings is 1. The van der Waals surface area contributed by atoms with Crippen molar-refractivity contribution in [1.29, 1.82) is 0 Å². The van der Waals surface area contributed by atoms with Crippen molar-refractivity contribution in [2.45, 2.75) is 90.1 Å². The quantitative estimate of drug-likeness (QED) is 0.336. The van der Waals surface area contributed by atoms with Crippen molar-refractivity contribution in [3.05, 3.63) is 42.9 Å². The molecule has 2 aromatic heterocycles. The molecule has 0 aliphatic carbocycles. The molecular weight excluding hydrogens is 546 g/mol. The topological polar surface area (TPSA) is 129 Å². The smallest absolute Gasteiger partial charge is 0.247 e. The van der Waals surface area contributed by atoms with Crippen LogP contribution in [0, 0.1) is 0 Å². The number of unbranched alkanes of at least 4 members (excludes halogenated alkanes) is 2. The first-order chi connectivity index (χ1) is 20.9. The standard InChI is InChI=1S/C32H41N7O4/c1-3-5-11-28(40)38-17-7-9-26(38)30(42)34-23-15-13-22(14-16-23)25-21-37-20-24(19-33-32(37)36-25)35-31(43)27-10-8-18-39(27)29(41)12-6-4-2/h13-16,19-21,26-27H,3-12,17-18H2,1-2H3,(H,34,42)(H,35,43)/t26-,27-/m0/s1. The molecule has 2 fully saturated rings. The number of carbonyl (C=O) groups is 4. The van der Waals surface area contributed by atoms with Crippen LogP contribution in [0.3, 0.4) is 0 Å². The van der Waals surface area contributed by atoms with E-state index in [4.69, 9.17) is 0 Å². The minimum Gasteiger partial charge on any atom is -0.331 e. The molecule has 11 nitrogen and oxygen atoms in total. The Kier molecular flexibility index (Phi) is 9.68. The number of nitrogens with zero attached hydrogens (tertiary/aromatic N) is 5. The fourth-order valence-electron chi connectivity index (χ4n) is 5.88. The molecule has 2 aliphatic rings. The predicted molar refractivity (Wildman–Crippen MR) is 164 cm³/mol. The molecule has 0 spiro atoms. The molecule has 0 saturated carbocycles. The largest absolute Gasteiger partial charge is 0.331 e. The monoisotopic (exact) mass is 587 g/mol. The van der Waals surface area contributed by atoms with E-state index in [9.17, 15) is 19.2 Å². The Morgan fingerprint density at radius 2 is 1.35 bits per heavy atom. The van der Waals surface area contributed by atoms with E-state index < -0.39 is 12.1 Å². The van der Waals surface area contributed by atoms with Crippen LogP contribution in [0.15, 0.2) is 42.9 Å². The van der Waals surface area contributed by atoms with E-state index in [2.05, 4.69) is 27.5 Å². The maximum atomic E-state index is 13.0. The molecule has 4 heterocycles. The van der Waals surface area contributed by atoms with Gasteiger partial charge in [-0.1, -0.05) is 38.8 Å². The summed E-state index contributed by atoms with van der Waals surface area (Å²) >= 11 is 0. The van der Waals surface area contributed by atoms with Crippen LogP contribution in [-0.4, -0.2) is 73.0 Å². The molecule has 43 heavy (non-hydrogen) atoms. The maximum absolute atomic E-state index is 13.0. The predicted octanol–water partition coefficient (Wildman–Crippen LogP) is 4.64. The van der Waals surface area contributed by atoms with Crippen LogP contribution in [0.5, 0.6) is 0 Å². The number of hydrogen-bond acceptors (Lipinski definition) is 6. The Balaban J connectivity index is 1.21. The van der Waals surface area contributed by atoms with E-state index in [1.807, 2.05) is 37.4 Å². The fraction of sp³-hybridized carbons (Fsp3) is 0.500. The molecule has 0 radical (unpaired) electrons. The molecule has 2 aliphatic heterocycles. The zero-order chi connectivity index (χ0) is 30.3.